The number of carbonyl (C=O) groups is 1. The summed E-state index contributed by atoms with van der Waals surface area (Å²) in [6.45, 7) is 1.76. The molecule has 0 spiro atoms. The maximum absolute atomic E-state index is 13.8. The Labute approximate surface area is 181 Å². The summed E-state index contributed by atoms with van der Waals surface area (Å²) in [4.78, 5) is 20.3. The molecule has 0 bridgehead atoms. The fourth-order valence-electron chi connectivity index (χ4n) is 3.70. The molecule has 0 aliphatic carbocycles. The van der Waals surface area contributed by atoms with Crippen molar-refractivity contribution in [1.82, 2.24) is 4.98 Å². The van der Waals surface area contributed by atoms with E-state index in [1.807, 2.05) is 6.92 Å². The number of aromatic nitrogens is 1. The third-order valence-corrected chi connectivity index (χ3v) is 5.33. The molecule has 1 aliphatic heterocycles. The lowest BCUT2D eigenvalue weighted by molar-refractivity contribution is -0.137. The normalized spacial score (nSPS) is 13.9. The molecule has 32 heavy (non-hydrogen) atoms. The van der Waals surface area contributed by atoms with E-state index >= 15 is 0 Å². The van der Waals surface area contributed by atoms with Crippen LogP contribution in [0.3, 0.4) is 0 Å². The average molecular weight is 445 g/mol. The van der Waals surface area contributed by atoms with Gasteiger partial charge in [-0.1, -0.05) is 6.92 Å². The van der Waals surface area contributed by atoms with Gasteiger partial charge in [0.2, 0.25) is 5.88 Å². The summed E-state index contributed by atoms with van der Waals surface area (Å²) in [6.07, 6.45) is -2.66. The Bertz CT molecular complexity index is 1160. The van der Waals surface area contributed by atoms with E-state index < -0.39 is 23.5 Å². The Morgan fingerprint density at radius 3 is 2.44 bits per heavy atom. The topological polar surface area (TPSA) is 45.7 Å². The fourth-order valence-corrected chi connectivity index (χ4v) is 3.70. The van der Waals surface area contributed by atoms with Crippen LogP contribution in [0.25, 0.3) is 0 Å². The van der Waals surface area contributed by atoms with Gasteiger partial charge in [-0.3, -0.25) is 9.69 Å². The number of methoxy groups -OCH3 is 1. The number of benzene rings is 2. The van der Waals surface area contributed by atoms with Crippen LogP contribution >= 0.6 is 0 Å². The van der Waals surface area contributed by atoms with Gasteiger partial charge in [0.25, 0.3) is 5.91 Å². The Kier molecular flexibility index (Phi) is 5.50. The van der Waals surface area contributed by atoms with Crippen molar-refractivity contribution in [1.29, 1.82) is 0 Å². The first-order valence-electron chi connectivity index (χ1n) is 9.82. The molecule has 0 atom stereocenters. The molecule has 0 radical (unpaired) electrons. The van der Waals surface area contributed by atoms with Crippen molar-refractivity contribution in [3.05, 3.63) is 77.2 Å². The number of aryl methyl sites for hydroxylation is 1. The smallest absolute Gasteiger partial charge is 0.416 e. The summed E-state index contributed by atoms with van der Waals surface area (Å²) in [7, 11) is 1.46. The molecule has 0 saturated heterocycles. The second-order valence-electron chi connectivity index (χ2n) is 7.22. The highest BCUT2D eigenvalue weighted by Crippen LogP contribution is 2.41. The van der Waals surface area contributed by atoms with Crippen molar-refractivity contribution in [2.45, 2.75) is 19.5 Å². The number of hydrogen-bond acceptors (Lipinski definition) is 4. The molecular formula is C23H19F4N3O2. The van der Waals surface area contributed by atoms with E-state index in [9.17, 15) is 22.4 Å². The number of nitrogens with zero attached hydrogens (tertiary/aromatic N) is 3. The third kappa shape index (κ3) is 3.86. The molecule has 4 rings (SSSR count). The first-order chi connectivity index (χ1) is 15.2. The second-order valence-corrected chi connectivity index (χ2v) is 7.22. The summed E-state index contributed by atoms with van der Waals surface area (Å²) in [5.74, 6) is -0.548. The van der Waals surface area contributed by atoms with Gasteiger partial charge in [0.15, 0.2) is 0 Å². The molecule has 9 heteroatoms. The number of pyridine rings is 1. The molecule has 0 unspecified atom stereocenters. The predicted molar refractivity (Wildman–Crippen MR) is 112 cm³/mol. The van der Waals surface area contributed by atoms with Crippen LogP contribution in [-0.2, 0) is 12.6 Å². The molecule has 5 nitrogen and oxygen atoms in total. The second kappa shape index (κ2) is 8.14. The molecule has 1 aromatic heterocycles. The molecule has 166 valence electrons. The Morgan fingerprint density at radius 1 is 1.03 bits per heavy atom. The minimum absolute atomic E-state index is 0.0697. The van der Waals surface area contributed by atoms with E-state index in [1.54, 1.807) is 17.0 Å². The Balaban J connectivity index is 1.88. The number of ether oxygens (including phenoxy) is 1. The Morgan fingerprint density at radius 2 is 1.81 bits per heavy atom. The minimum Gasteiger partial charge on any atom is -0.481 e. The van der Waals surface area contributed by atoms with E-state index in [-0.39, 0.29) is 17.9 Å². The van der Waals surface area contributed by atoms with E-state index in [4.69, 9.17) is 4.74 Å². The highest BCUT2D eigenvalue weighted by Gasteiger charge is 2.36. The maximum atomic E-state index is 13.8. The monoisotopic (exact) mass is 445 g/mol. The van der Waals surface area contributed by atoms with E-state index in [2.05, 4.69) is 4.98 Å². The highest BCUT2D eigenvalue weighted by molar-refractivity contribution is 6.12. The largest absolute Gasteiger partial charge is 0.481 e. The summed E-state index contributed by atoms with van der Waals surface area (Å²) in [5, 5.41) is 0. The lowest BCUT2D eigenvalue weighted by atomic mass is 10.0. The van der Waals surface area contributed by atoms with Gasteiger partial charge in [0.05, 0.1) is 35.8 Å². The molecule has 2 aromatic carbocycles. The number of carbonyl (C=O) groups excluding carboxylic acids is 1. The molecule has 0 fully saturated rings. The van der Waals surface area contributed by atoms with E-state index in [0.717, 1.165) is 12.1 Å². The van der Waals surface area contributed by atoms with Crippen LogP contribution < -0.4 is 14.5 Å². The van der Waals surface area contributed by atoms with Crippen LogP contribution in [0.15, 0.2) is 54.7 Å². The van der Waals surface area contributed by atoms with Crippen molar-refractivity contribution in [3.63, 3.8) is 0 Å². The molecule has 3 aromatic rings. The van der Waals surface area contributed by atoms with Gasteiger partial charge in [0.1, 0.15) is 12.5 Å². The SMILES string of the molecule is CCc1cc(F)ccc1N1CN(c2ccc(OC)nc2)C(=O)c2ccc(C(F)(F)F)cc21. The van der Waals surface area contributed by atoms with Gasteiger partial charge in [-0.05, 0) is 54.4 Å². The molecule has 0 saturated carbocycles. The van der Waals surface area contributed by atoms with Crippen LogP contribution in [0.2, 0.25) is 0 Å². The zero-order valence-corrected chi connectivity index (χ0v) is 17.3. The van der Waals surface area contributed by atoms with Crippen LogP contribution in [0.4, 0.5) is 34.6 Å². The Hall–Kier alpha value is -3.62. The number of rotatable bonds is 4. The lowest BCUT2D eigenvalue weighted by Gasteiger charge is -2.39. The number of amides is 1. The number of fused-ring (bicyclic) bond motifs is 1. The lowest BCUT2D eigenvalue weighted by Crippen LogP contribution is -2.45. The van der Waals surface area contributed by atoms with Gasteiger partial charge in [-0.15, -0.1) is 0 Å². The molecule has 1 aliphatic rings. The predicted octanol–water partition coefficient (Wildman–Crippen LogP) is 5.57. The van der Waals surface area contributed by atoms with E-state index in [0.29, 0.717) is 29.2 Å². The van der Waals surface area contributed by atoms with Gasteiger partial charge >= 0.3 is 6.18 Å². The summed E-state index contributed by atoms with van der Waals surface area (Å²) in [5.41, 5.74) is 0.930. The third-order valence-electron chi connectivity index (χ3n) is 5.33. The van der Waals surface area contributed by atoms with Crippen molar-refractivity contribution in [3.8, 4) is 5.88 Å². The summed E-state index contributed by atoms with van der Waals surface area (Å²) < 4.78 is 59.1. The maximum Gasteiger partial charge on any atom is 0.416 e. The number of anilines is 3. The van der Waals surface area contributed by atoms with Crippen molar-refractivity contribution in [2.75, 3.05) is 23.6 Å². The van der Waals surface area contributed by atoms with Gasteiger partial charge in [-0.2, -0.15) is 13.2 Å². The molecule has 0 N–H and O–H groups in total. The zero-order chi connectivity index (χ0) is 23.0. The summed E-state index contributed by atoms with van der Waals surface area (Å²) in [6, 6.07) is 10.3. The van der Waals surface area contributed by atoms with Gasteiger partial charge in [-0.25, -0.2) is 9.37 Å². The van der Waals surface area contributed by atoms with Crippen LogP contribution in [-0.4, -0.2) is 24.7 Å². The average Bonchev–Trinajstić information content (AvgIpc) is 2.79. The fraction of sp³-hybridized carbons (Fsp3) is 0.217. The van der Waals surface area contributed by atoms with Crippen molar-refractivity contribution >= 4 is 23.0 Å². The van der Waals surface area contributed by atoms with Crippen LogP contribution in [0.1, 0.15) is 28.4 Å². The van der Waals surface area contributed by atoms with Gasteiger partial charge in [0, 0.05) is 11.8 Å². The molecule has 1 amide bonds. The molecule has 2 heterocycles. The number of halogens is 4. The first kappa shape index (κ1) is 21.6. The van der Waals surface area contributed by atoms with Crippen molar-refractivity contribution in [2.24, 2.45) is 0 Å². The van der Waals surface area contributed by atoms with E-state index in [1.165, 1.54) is 42.5 Å². The van der Waals surface area contributed by atoms with Crippen molar-refractivity contribution < 1.29 is 27.1 Å². The minimum atomic E-state index is -4.57. The first-order valence-corrected chi connectivity index (χ1v) is 9.82. The zero-order valence-electron chi connectivity index (χ0n) is 17.3. The standard InChI is InChI=1S/C23H19F4N3O2/c1-3-14-10-16(24)5-8-19(14)30-13-29(17-6-9-21(32-2)28-12-17)22(31)18-7-4-15(11-20(18)30)23(25,26)27/h4-12H,3,13H2,1-2H3. The van der Waals surface area contributed by atoms with Crippen LogP contribution in [0.5, 0.6) is 5.88 Å². The quantitative estimate of drug-likeness (QED) is 0.493. The number of alkyl halides is 3. The summed E-state index contributed by atoms with van der Waals surface area (Å²) >= 11 is 0. The van der Waals surface area contributed by atoms with Gasteiger partial charge < -0.3 is 9.64 Å². The molecular weight excluding hydrogens is 426 g/mol. The van der Waals surface area contributed by atoms with Crippen LogP contribution in [0, 0.1) is 5.82 Å². The highest BCUT2D eigenvalue weighted by atomic mass is 19.4. The number of hydrogen-bond donors (Lipinski definition) is 0.